The molecular formula is C27H38FN3O4. The average Bonchev–Trinajstić information content (AvgIpc) is 3.29. The third-order valence-corrected chi connectivity index (χ3v) is 8.58. The highest BCUT2D eigenvalue weighted by Gasteiger charge is 2.46. The topological polar surface area (TPSA) is 113 Å². The normalized spacial score (nSPS) is 28.5. The predicted molar refractivity (Wildman–Crippen MR) is 131 cm³/mol. The van der Waals surface area contributed by atoms with Crippen molar-refractivity contribution in [1.82, 2.24) is 4.90 Å². The van der Waals surface area contributed by atoms with Gasteiger partial charge in [-0.15, -0.1) is 0 Å². The molecule has 192 valence electrons. The SMILES string of the molecule is CC(N)C1CCC(C(=O)N2CCC(C3CCCCC3)[C@H]2C(=O)Nc2ccc(C(=O)O)c(F)c2)CC1. The number of halogens is 1. The maximum absolute atomic E-state index is 14.2. The lowest BCUT2D eigenvalue weighted by Gasteiger charge is -2.36. The Morgan fingerprint density at radius 3 is 2.34 bits per heavy atom. The van der Waals surface area contributed by atoms with Crippen LogP contribution in [0.1, 0.15) is 81.5 Å². The zero-order valence-electron chi connectivity index (χ0n) is 20.5. The number of aromatic carboxylic acids is 1. The molecule has 1 aromatic carbocycles. The van der Waals surface area contributed by atoms with Crippen LogP contribution in [0.25, 0.3) is 0 Å². The molecule has 1 aromatic rings. The molecule has 2 aliphatic carbocycles. The summed E-state index contributed by atoms with van der Waals surface area (Å²) < 4.78 is 14.2. The number of amides is 2. The smallest absolute Gasteiger partial charge is 0.338 e. The van der Waals surface area contributed by atoms with E-state index in [0.29, 0.717) is 18.4 Å². The summed E-state index contributed by atoms with van der Waals surface area (Å²) in [7, 11) is 0. The lowest BCUT2D eigenvalue weighted by molar-refractivity contribution is -0.142. The van der Waals surface area contributed by atoms with E-state index in [1.807, 2.05) is 6.92 Å². The first-order valence-electron chi connectivity index (χ1n) is 13.2. The maximum Gasteiger partial charge on any atom is 0.338 e. The highest BCUT2D eigenvalue weighted by molar-refractivity contribution is 5.98. The van der Waals surface area contributed by atoms with E-state index in [1.54, 1.807) is 4.90 Å². The number of likely N-dealkylation sites (tertiary alicyclic amines) is 1. The Bertz CT molecular complexity index is 938. The molecule has 1 heterocycles. The van der Waals surface area contributed by atoms with Gasteiger partial charge in [-0.05, 0) is 75.0 Å². The number of carboxylic acids is 1. The minimum atomic E-state index is -1.36. The molecule has 0 bridgehead atoms. The average molecular weight is 488 g/mol. The monoisotopic (exact) mass is 487 g/mol. The summed E-state index contributed by atoms with van der Waals surface area (Å²) in [5.41, 5.74) is 5.84. The number of carbonyl (C=O) groups excluding carboxylic acids is 2. The molecule has 1 aliphatic heterocycles. The lowest BCUT2D eigenvalue weighted by atomic mass is 9.76. The minimum absolute atomic E-state index is 0.0546. The van der Waals surface area contributed by atoms with Crippen molar-refractivity contribution < 1.29 is 23.9 Å². The molecule has 4 rings (SSSR count). The number of nitrogens with two attached hydrogens (primary N) is 1. The molecule has 7 nitrogen and oxygen atoms in total. The van der Waals surface area contributed by atoms with Crippen molar-refractivity contribution >= 4 is 23.5 Å². The molecule has 3 atom stereocenters. The van der Waals surface area contributed by atoms with Crippen molar-refractivity contribution in [3.8, 4) is 0 Å². The number of anilines is 1. The van der Waals surface area contributed by atoms with Crippen LogP contribution in [0.5, 0.6) is 0 Å². The Hall–Kier alpha value is -2.48. The Morgan fingerprint density at radius 1 is 1.06 bits per heavy atom. The van der Waals surface area contributed by atoms with Gasteiger partial charge in [-0.25, -0.2) is 9.18 Å². The predicted octanol–water partition coefficient (Wildman–Crippen LogP) is 4.41. The van der Waals surface area contributed by atoms with Gasteiger partial charge in [0.1, 0.15) is 11.9 Å². The van der Waals surface area contributed by atoms with Crippen LogP contribution in [-0.2, 0) is 9.59 Å². The summed E-state index contributed by atoms with van der Waals surface area (Å²) in [5.74, 6) is -1.67. The fourth-order valence-corrected chi connectivity index (χ4v) is 6.56. The Balaban J connectivity index is 1.52. The van der Waals surface area contributed by atoms with Crippen LogP contribution in [0.4, 0.5) is 10.1 Å². The Kier molecular flexibility index (Phi) is 8.09. The summed E-state index contributed by atoms with van der Waals surface area (Å²) >= 11 is 0. The molecule has 2 saturated carbocycles. The molecule has 4 N–H and O–H groups in total. The summed E-state index contributed by atoms with van der Waals surface area (Å²) in [4.78, 5) is 40.1. The van der Waals surface area contributed by atoms with Gasteiger partial charge in [0, 0.05) is 24.2 Å². The van der Waals surface area contributed by atoms with Crippen LogP contribution >= 0.6 is 0 Å². The summed E-state index contributed by atoms with van der Waals surface area (Å²) in [6.07, 6.45) is 9.89. The highest BCUT2D eigenvalue weighted by Crippen LogP contribution is 2.41. The number of carbonyl (C=O) groups is 3. The Morgan fingerprint density at radius 2 is 1.74 bits per heavy atom. The van der Waals surface area contributed by atoms with Crippen LogP contribution in [0, 0.1) is 29.5 Å². The van der Waals surface area contributed by atoms with Gasteiger partial charge in [0.05, 0.1) is 5.56 Å². The number of hydrogen-bond donors (Lipinski definition) is 3. The third-order valence-electron chi connectivity index (χ3n) is 8.58. The van der Waals surface area contributed by atoms with E-state index < -0.39 is 23.4 Å². The fraction of sp³-hybridized carbons (Fsp3) is 0.667. The van der Waals surface area contributed by atoms with Crippen LogP contribution in [0.15, 0.2) is 18.2 Å². The number of nitrogens with one attached hydrogen (secondary N) is 1. The van der Waals surface area contributed by atoms with Gasteiger partial charge in [-0.3, -0.25) is 9.59 Å². The molecule has 2 unspecified atom stereocenters. The van der Waals surface area contributed by atoms with Crippen LogP contribution in [-0.4, -0.2) is 46.4 Å². The molecule has 0 radical (unpaired) electrons. The second-order valence-electron chi connectivity index (χ2n) is 10.8. The third kappa shape index (κ3) is 5.68. The van der Waals surface area contributed by atoms with E-state index in [-0.39, 0.29) is 35.4 Å². The maximum atomic E-state index is 14.2. The van der Waals surface area contributed by atoms with Gasteiger partial charge in [-0.2, -0.15) is 0 Å². The standard InChI is InChI=1S/C27H38FN3O4/c1-16(29)17-7-9-19(10-8-17)26(33)31-14-13-21(18-5-3-2-4-6-18)24(31)25(32)30-20-11-12-22(27(34)35)23(28)15-20/h11-12,15-19,21,24H,2-10,13-14,29H2,1H3,(H,30,32)(H,34,35)/t16?,17?,19?,21?,24-/m0/s1. The molecule has 0 spiro atoms. The summed E-state index contributed by atoms with van der Waals surface area (Å²) in [5, 5.41) is 11.9. The van der Waals surface area contributed by atoms with Gasteiger partial charge < -0.3 is 21.1 Å². The van der Waals surface area contributed by atoms with Crippen molar-refractivity contribution in [3.05, 3.63) is 29.6 Å². The largest absolute Gasteiger partial charge is 0.478 e. The van der Waals surface area contributed by atoms with Gasteiger partial charge in [0.25, 0.3) is 0 Å². The number of rotatable bonds is 6. The van der Waals surface area contributed by atoms with Crippen LogP contribution < -0.4 is 11.1 Å². The second kappa shape index (κ2) is 11.1. The Labute approximate surface area is 206 Å². The van der Waals surface area contributed by atoms with E-state index in [1.165, 1.54) is 12.5 Å². The van der Waals surface area contributed by atoms with Crippen molar-refractivity contribution in [2.75, 3.05) is 11.9 Å². The van der Waals surface area contributed by atoms with Crippen molar-refractivity contribution in [1.29, 1.82) is 0 Å². The van der Waals surface area contributed by atoms with Gasteiger partial charge in [0.15, 0.2) is 0 Å². The van der Waals surface area contributed by atoms with Crippen LogP contribution in [0.3, 0.4) is 0 Å². The zero-order valence-corrected chi connectivity index (χ0v) is 20.5. The molecule has 8 heteroatoms. The first-order valence-corrected chi connectivity index (χ1v) is 13.2. The van der Waals surface area contributed by atoms with Gasteiger partial charge in [-0.1, -0.05) is 32.1 Å². The van der Waals surface area contributed by atoms with Gasteiger partial charge in [0.2, 0.25) is 11.8 Å². The molecular weight excluding hydrogens is 449 g/mol. The van der Waals surface area contributed by atoms with E-state index in [2.05, 4.69) is 5.32 Å². The summed E-state index contributed by atoms with van der Waals surface area (Å²) in [6.45, 7) is 2.59. The molecule has 3 fully saturated rings. The van der Waals surface area contributed by atoms with Crippen molar-refractivity contribution in [2.45, 2.75) is 83.2 Å². The van der Waals surface area contributed by atoms with E-state index in [4.69, 9.17) is 10.8 Å². The zero-order chi connectivity index (χ0) is 25.1. The molecule has 0 aromatic heterocycles. The first kappa shape index (κ1) is 25.6. The van der Waals surface area contributed by atoms with E-state index >= 15 is 0 Å². The molecule has 3 aliphatic rings. The van der Waals surface area contributed by atoms with E-state index in [0.717, 1.165) is 69.9 Å². The van der Waals surface area contributed by atoms with Crippen LogP contribution in [0.2, 0.25) is 0 Å². The highest BCUT2D eigenvalue weighted by atomic mass is 19.1. The molecule has 2 amide bonds. The molecule has 35 heavy (non-hydrogen) atoms. The summed E-state index contributed by atoms with van der Waals surface area (Å²) in [6, 6.07) is 3.13. The quantitative estimate of drug-likeness (QED) is 0.550. The minimum Gasteiger partial charge on any atom is -0.478 e. The number of hydrogen-bond acceptors (Lipinski definition) is 4. The fourth-order valence-electron chi connectivity index (χ4n) is 6.56. The first-order chi connectivity index (χ1) is 16.8. The van der Waals surface area contributed by atoms with Gasteiger partial charge >= 0.3 is 5.97 Å². The number of carboxylic acid groups (broad SMARTS) is 1. The second-order valence-corrected chi connectivity index (χ2v) is 10.8. The number of nitrogens with zero attached hydrogens (tertiary/aromatic N) is 1. The molecule has 1 saturated heterocycles. The van der Waals surface area contributed by atoms with E-state index in [9.17, 15) is 18.8 Å². The van der Waals surface area contributed by atoms with Crippen molar-refractivity contribution in [2.24, 2.45) is 29.4 Å². The van der Waals surface area contributed by atoms with Crippen molar-refractivity contribution in [3.63, 3.8) is 0 Å². The number of benzene rings is 1. The lowest BCUT2D eigenvalue weighted by Crippen LogP contribution is -2.50.